The monoisotopic (exact) mass is 255 g/mol. The molecule has 1 aliphatic rings. The second kappa shape index (κ2) is 6.72. The summed E-state index contributed by atoms with van der Waals surface area (Å²) in [7, 11) is 0. The highest BCUT2D eigenvalue weighted by Gasteiger charge is 2.21. The van der Waals surface area contributed by atoms with Crippen molar-refractivity contribution >= 4 is 0 Å². The largest absolute Gasteiger partial charge is 0.293 e. The van der Waals surface area contributed by atoms with Crippen molar-refractivity contribution in [3.8, 4) is 0 Å². The van der Waals surface area contributed by atoms with Gasteiger partial charge in [-0.2, -0.15) is 0 Å². The fourth-order valence-electron chi connectivity index (χ4n) is 2.78. The number of nitrogens with zero attached hydrogens (tertiary/aromatic N) is 1. The molecule has 0 amide bonds. The fraction of sp³-hybridized carbons (Fsp3) is 0.444. The van der Waals surface area contributed by atoms with Crippen molar-refractivity contribution in [1.82, 2.24) is 4.90 Å². The molecule has 2 rings (SSSR count). The zero-order valence-electron chi connectivity index (χ0n) is 12.3. The van der Waals surface area contributed by atoms with Crippen LogP contribution in [0.1, 0.15) is 38.8 Å². The maximum absolute atomic E-state index is 2.53. The molecule has 0 radical (unpaired) electrons. The van der Waals surface area contributed by atoms with Gasteiger partial charge in [-0.3, -0.25) is 4.90 Å². The van der Waals surface area contributed by atoms with Crippen molar-refractivity contribution in [3.63, 3.8) is 0 Å². The number of rotatable bonds is 5. The van der Waals surface area contributed by atoms with E-state index in [-0.39, 0.29) is 0 Å². The van der Waals surface area contributed by atoms with Crippen molar-refractivity contribution < 1.29 is 0 Å². The Balaban J connectivity index is 2.33. The first kappa shape index (κ1) is 14.1. The van der Waals surface area contributed by atoms with Crippen molar-refractivity contribution in [2.45, 2.75) is 33.2 Å². The van der Waals surface area contributed by atoms with Crippen LogP contribution >= 0.6 is 0 Å². The van der Waals surface area contributed by atoms with E-state index in [1.165, 1.54) is 11.1 Å². The summed E-state index contributed by atoms with van der Waals surface area (Å²) in [6.07, 6.45) is 8.25. The van der Waals surface area contributed by atoms with Gasteiger partial charge in [0.2, 0.25) is 0 Å². The summed E-state index contributed by atoms with van der Waals surface area (Å²) in [6.45, 7) is 8.93. The smallest absolute Gasteiger partial charge is 0.0598 e. The highest BCUT2D eigenvalue weighted by Crippen LogP contribution is 2.32. The van der Waals surface area contributed by atoms with E-state index in [0.29, 0.717) is 12.0 Å². The van der Waals surface area contributed by atoms with E-state index < -0.39 is 0 Å². The topological polar surface area (TPSA) is 3.24 Å². The molecule has 0 aliphatic heterocycles. The maximum atomic E-state index is 2.53. The van der Waals surface area contributed by atoms with Gasteiger partial charge < -0.3 is 0 Å². The Bertz CT molecular complexity index is 440. The first-order valence-electron chi connectivity index (χ1n) is 7.43. The molecule has 1 heteroatoms. The van der Waals surface area contributed by atoms with Crippen molar-refractivity contribution in [2.75, 3.05) is 13.1 Å². The quantitative estimate of drug-likeness (QED) is 0.743. The molecule has 1 aromatic rings. The third kappa shape index (κ3) is 3.36. The molecule has 1 nitrogen and oxygen atoms in total. The van der Waals surface area contributed by atoms with E-state index in [1.807, 2.05) is 0 Å². The molecule has 19 heavy (non-hydrogen) atoms. The van der Waals surface area contributed by atoms with Crippen molar-refractivity contribution in [2.24, 2.45) is 5.92 Å². The highest BCUT2D eigenvalue weighted by atomic mass is 15.1. The van der Waals surface area contributed by atoms with Gasteiger partial charge in [-0.25, -0.2) is 0 Å². The minimum absolute atomic E-state index is 0.403. The molecule has 0 N–H and O–H groups in total. The molecule has 0 bridgehead atoms. The van der Waals surface area contributed by atoms with Gasteiger partial charge in [0, 0.05) is 0 Å². The molecule has 0 saturated heterocycles. The SMILES string of the molecule is CCN(CC)[C@H](C1=CCC(C)C=C1)c1ccccc1. The van der Waals surface area contributed by atoms with Crippen LogP contribution in [0.2, 0.25) is 0 Å². The predicted octanol–water partition coefficient (Wildman–Crippen LogP) is 4.59. The minimum atomic E-state index is 0.403. The maximum Gasteiger partial charge on any atom is 0.0598 e. The number of likely N-dealkylation sites (N-methyl/N-ethyl adjacent to an activating group) is 1. The summed E-state index contributed by atoms with van der Waals surface area (Å²) in [4.78, 5) is 2.53. The van der Waals surface area contributed by atoms with E-state index >= 15 is 0 Å². The van der Waals surface area contributed by atoms with Crippen LogP contribution in [0.5, 0.6) is 0 Å². The second-order valence-corrected chi connectivity index (χ2v) is 5.31. The van der Waals surface area contributed by atoms with Crippen LogP contribution in [0, 0.1) is 5.92 Å². The fourth-order valence-corrected chi connectivity index (χ4v) is 2.78. The first-order chi connectivity index (χ1) is 9.26. The van der Waals surface area contributed by atoms with Gasteiger partial charge in [0.15, 0.2) is 0 Å². The lowest BCUT2D eigenvalue weighted by atomic mass is 9.90. The Morgan fingerprint density at radius 3 is 2.37 bits per heavy atom. The van der Waals surface area contributed by atoms with Gasteiger partial charge in [0.1, 0.15) is 0 Å². The van der Waals surface area contributed by atoms with Crippen LogP contribution in [0.25, 0.3) is 0 Å². The third-order valence-electron chi connectivity index (χ3n) is 3.95. The molecule has 1 aliphatic carbocycles. The zero-order chi connectivity index (χ0) is 13.7. The molecule has 102 valence electrons. The Hall–Kier alpha value is -1.34. The number of allylic oxidation sites excluding steroid dienone is 2. The van der Waals surface area contributed by atoms with Gasteiger partial charge >= 0.3 is 0 Å². The van der Waals surface area contributed by atoms with Crippen LogP contribution in [-0.4, -0.2) is 18.0 Å². The molecule has 1 unspecified atom stereocenters. The van der Waals surface area contributed by atoms with Crippen LogP contribution in [0.3, 0.4) is 0 Å². The predicted molar refractivity (Wildman–Crippen MR) is 83.1 cm³/mol. The summed E-state index contributed by atoms with van der Waals surface area (Å²) in [5.41, 5.74) is 2.85. The Morgan fingerprint density at radius 2 is 1.84 bits per heavy atom. The van der Waals surface area contributed by atoms with Gasteiger partial charge in [0.25, 0.3) is 0 Å². The summed E-state index contributed by atoms with van der Waals surface area (Å²) in [5.74, 6) is 0.678. The lowest BCUT2D eigenvalue weighted by molar-refractivity contribution is 0.249. The average molecular weight is 255 g/mol. The molecular formula is C18H25N. The first-order valence-corrected chi connectivity index (χ1v) is 7.43. The minimum Gasteiger partial charge on any atom is -0.293 e. The van der Waals surface area contributed by atoms with Crippen LogP contribution < -0.4 is 0 Å². The molecule has 0 saturated carbocycles. The van der Waals surface area contributed by atoms with Gasteiger partial charge in [-0.15, -0.1) is 0 Å². The lowest BCUT2D eigenvalue weighted by Crippen LogP contribution is -2.30. The molecule has 0 spiro atoms. The average Bonchev–Trinajstić information content (AvgIpc) is 2.47. The van der Waals surface area contributed by atoms with Crippen molar-refractivity contribution in [1.29, 1.82) is 0 Å². The second-order valence-electron chi connectivity index (χ2n) is 5.31. The standard InChI is InChI=1S/C18H25N/c1-4-19(5-2)18(16-9-7-6-8-10-16)17-13-11-15(3)12-14-17/h6-11,13-15,18H,4-5,12H2,1-3H3/t15?,18-/m0/s1. The number of hydrogen-bond acceptors (Lipinski definition) is 1. The normalized spacial score (nSPS) is 20.4. The van der Waals surface area contributed by atoms with Gasteiger partial charge in [-0.05, 0) is 36.6 Å². The number of hydrogen-bond donors (Lipinski definition) is 0. The Kier molecular flexibility index (Phi) is 4.98. The summed E-state index contributed by atoms with van der Waals surface area (Å²) in [6, 6.07) is 11.3. The van der Waals surface area contributed by atoms with E-state index in [4.69, 9.17) is 0 Å². The summed E-state index contributed by atoms with van der Waals surface area (Å²) in [5, 5.41) is 0. The molecule has 0 aromatic heterocycles. The Labute approximate surface area is 117 Å². The summed E-state index contributed by atoms with van der Waals surface area (Å²) < 4.78 is 0. The highest BCUT2D eigenvalue weighted by molar-refractivity contribution is 5.36. The van der Waals surface area contributed by atoms with Crippen LogP contribution in [0.15, 0.2) is 54.1 Å². The van der Waals surface area contributed by atoms with E-state index in [2.05, 4.69) is 74.2 Å². The van der Waals surface area contributed by atoms with E-state index in [0.717, 1.165) is 19.5 Å². The molecular weight excluding hydrogens is 230 g/mol. The molecule has 1 aromatic carbocycles. The Morgan fingerprint density at radius 1 is 1.16 bits per heavy atom. The van der Waals surface area contributed by atoms with Crippen LogP contribution in [-0.2, 0) is 0 Å². The summed E-state index contributed by atoms with van der Waals surface area (Å²) >= 11 is 0. The van der Waals surface area contributed by atoms with Crippen LogP contribution in [0.4, 0.5) is 0 Å². The molecule has 0 heterocycles. The zero-order valence-corrected chi connectivity index (χ0v) is 12.3. The third-order valence-corrected chi connectivity index (χ3v) is 3.95. The molecule has 2 atom stereocenters. The number of benzene rings is 1. The van der Waals surface area contributed by atoms with E-state index in [1.54, 1.807) is 0 Å². The van der Waals surface area contributed by atoms with Gasteiger partial charge in [0.05, 0.1) is 6.04 Å². The lowest BCUT2D eigenvalue weighted by Gasteiger charge is -2.32. The van der Waals surface area contributed by atoms with Gasteiger partial charge in [-0.1, -0.05) is 69.3 Å². The molecule has 0 fully saturated rings. The van der Waals surface area contributed by atoms with E-state index in [9.17, 15) is 0 Å². The van der Waals surface area contributed by atoms with Crippen molar-refractivity contribution in [3.05, 3.63) is 59.7 Å².